The van der Waals surface area contributed by atoms with E-state index in [0.29, 0.717) is 0 Å². The van der Waals surface area contributed by atoms with Gasteiger partial charge in [-0.3, -0.25) is 0 Å². The van der Waals surface area contributed by atoms with E-state index in [4.69, 9.17) is 0 Å². The first-order valence-corrected chi connectivity index (χ1v) is 11.0. The fourth-order valence-electron chi connectivity index (χ4n) is 5.80. The maximum Gasteiger partial charge on any atom is 0.111 e. The second-order valence-electron chi connectivity index (χ2n) is 8.56. The van der Waals surface area contributed by atoms with Crippen LogP contribution in [0.4, 0.5) is 11.4 Å². The molecule has 0 amide bonds. The highest BCUT2D eigenvalue weighted by Crippen LogP contribution is 2.62. The third-order valence-electron chi connectivity index (χ3n) is 7.00. The summed E-state index contributed by atoms with van der Waals surface area (Å²) in [6, 6.07) is 35.0. The molecule has 0 aromatic heterocycles. The molecule has 4 aromatic carbocycles. The molecule has 0 fully saturated rings. The van der Waals surface area contributed by atoms with Crippen molar-refractivity contribution in [3.63, 3.8) is 0 Å². The Labute approximate surface area is 188 Å². The monoisotopic (exact) mass is 406 g/mol. The fourth-order valence-corrected chi connectivity index (χ4v) is 5.80. The molecule has 1 atom stereocenters. The normalized spacial score (nSPS) is 18.8. The summed E-state index contributed by atoms with van der Waals surface area (Å²) >= 11 is 0. The Kier molecular flexibility index (Phi) is 3.50. The van der Waals surface area contributed by atoms with Gasteiger partial charge in [-0.2, -0.15) is 0 Å². The lowest BCUT2D eigenvalue weighted by atomic mass is 9.69. The maximum atomic E-state index is 3.61. The molecule has 3 aliphatic carbocycles. The summed E-state index contributed by atoms with van der Waals surface area (Å²) in [4.78, 5) is 0. The fraction of sp³-hybridized carbons (Fsp3) is 0.0323. The molecule has 0 aliphatic heterocycles. The van der Waals surface area contributed by atoms with Crippen LogP contribution >= 0.6 is 0 Å². The molecule has 148 valence electrons. The molecule has 0 bridgehead atoms. The largest absolute Gasteiger partial charge is 0.356 e. The highest BCUT2D eigenvalue weighted by molar-refractivity contribution is 5.98. The number of benzene rings is 4. The van der Waals surface area contributed by atoms with Crippen LogP contribution in [0.1, 0.15) is 22.3 Å². The van der Waals surface area contributed by atoms with Gasteiger partial charge in [0.1, 0.15) is 12.2 Å². The van der Waals surface area contributed by atoms with Crippen molar-refractivity contribution >= 4 is 16.9 Å². The van der Waals surface area contributed by atoms with Gasteiger partial charge in [-0.15, -0.1) is 0 Å². The van der Waals surface area contributed by atoms with Crippen molar-refractivity contribution in [2.24, 2.45) is 0 Å². The predicted molar refractivity (Wildman–Crippen MR) is 132 cm³/mol. The van der Waals surface area contributed by atoms with Crippen molar-refractivity contribution in [2.75, 3.05) is 5.32 Å². The smallest absolute Gasteiger partial charge is 0.111 e. The van der Waals surface area contributed by atoms with Crippen LogP contribution in [-0.2, 0) is 5.41 Å². The summed E-state index contributed by atoms with van der Waals surface area (Å²) in [6.45, 7) is 0. The van der Waals surface area contributed by atoms with Crippen LogP contribution in [0.25, 0.3) is 16.7 Å². The van der Waals surface area contributed by atoms with E-state index in [0.717, 1.165) is 11.4 Å². The Morgan fingerprint density at radius 1 is 0.594 bits per heavy atom. The van der Waals surface area contributed by atoms with E-state index >= 15 is 0 Å². The quantitative estimate of drug-likeness (QED) is 0.341. The number of allylic oxidation sites excluding steroid dienone is 6. The van der Waals surface area contributed by atoms with E-state index < -0.39 is 0 Å². The Morgan fingerprint density at radius 2 is 1.28 bits per heavy atom. The topological polar surface area (TPSA) is 12.0 Å². The van der Waals surface area contributed by atoms with Gasteiger partial charge in [0.25, 0.3) is 0 Å². The van der Waals surface area contributed by atoms with Gasteiger partial charge in [-0.1, -0.05) is 66.7 Å². The lowest BCUT2D eigenvalue weighted by molar-refractivity contribution is 0.786. The number of rotatable bonds is 2. The number of nitrogens with one attached hydrogen (secondary N) is 1. The Morgan fingerprint density at radius 3 is 2.12 bits per heavy atom. The molecular weight excluding hydrogens is 386 g/mol. The Balaban J connectivity index is 1.54. The molecule has 3 aliphatic rings. The SMILES string of the molecule is [C+]1=CC2=C(C=C1)C1(c3ccccc32)c2ccccc2-c2ccc(Nc3ccccc3)cc21. The van der Waals surface area contributed by atoms with Gasteiger partial charge >= 0.3 is 0 Å². The first-order chi connectivity index (χ1) is 15.9. The highest BCUT2D eigenvalue weighted by Gasteiger charge is 2.55. The minimum Gasteiger partial charge on any atom is -0.356 e. The third kappa shape index (κ3) is 2.16. The van der Waals surface area contributed by atoms with Crippen LogP contribution in [0.2, 0.25) is 0 Å². The molecule has 0 saturated carbocycles. The van der Waals surface area contributed by atoms with Crippen LogP contribution in [0.15, 0.2) is 121 Å². The predicted octanol–water partition coefficient (Wildman–Crippen LogP) is 7.44. The molecular formula is C31H20N+. The zero-order chi connectivity index (χ0) is 21.1. The zero-order valence-corrected chi connectivity index (χ0v) is 17.5. The summed E-state index contributed by atoms with van der Waals surface area (Å²) in [6.07, 6.45) is 9.79. The van der Waals surface area contributed by atoms with Gasteiger partial charge in [0.05, 0.1) is 22.6 Å². The van der Waals surface area contributed by atoms with Gasteiger partial charge in [-0.05, 0) is 58.1 Å². The van der Waals surface area contributed by atoms with Crippen molar-refractivity contribution in [3.8, 4) is 11.1 Å². The summed E-state index contributed by atoms with van der Waals surface area (Å²) in [5.41, 5.74) is 12.5. The Bertz CT molecular complexity index is 1490. The average Bonchev–Trinajstić information content (AvgIpc) is 3.32. The number of para-hydroxylation sites is 1. The molecule has 1 heteroatoms. The van der Waals surface area contributed by atoms with Gasteiger partial charge in [0.2, 0.25) is 0 Å². The summed E-state index contributed by atoms with van der Waals surface area (Å²) in [5, 5.41) is 3.61. The highest BCUT2D eigenvalue weighted by atomic mass is 14.9. The van der Waals surface area contributed by atoms with E-state index in [1.54, 1.807) is 0 Å². The molecule has 32 heavy (non-hydrogen) atoms. The number of fused-ring (bicyclic) bond motifs is 9. The first-order valence-electron chi connectivity index (χ1n) is 11.0. The molecule has 0 heterocycles. The van der Waals surface area contributed by atoms with Crippen molar-refractivity contribution < 1.29 is 0 Å². The van der Waals surface area contributed by atoms with Crippen LogP contribution in [0, 0.1) is 6.08 Å². The summed E-state index contributed by atoms with van der Waals surface area (Å²) in [7, 11) is 0. The Hall–Kier alpha value is -4.19. The lowest BCUT2D eigenvalue weighted by Gasteiger charge is -2.29. The van der Waals surface area contributed by atoms with Crippen LogP contribution in [0.5, 0.6) is 0 Å². The molecule has 4 aromatic rings. The molecule has 7 rings (SSSR count). The molecule has 1 N–H and O–H groups in total. The van der Waals surface area contributed by atoms with Crippen molar-refractivity contribution in [2.45, 2.75) is 5.41 Å². The van der Waals surface area contributed by atoms with Gasteiger partial charge in [0, 0.05) is 23.0 Å². The van der Waals surface area contributed by atoms with Gasteiger partial charge in [0.15, 0.2) is 0 Å². The average molecular weight is 407 g/mol. The van der Waals surface area contributed by atoms with Crippen LogP contribution in [0.3, 0.4) is 0 Å². The number of anilines is 2. The van der Waals surface area contributed by atoms with Crippen molar-refractivity contribution in [1.29, 1.82) is 0 Å². The number of hydrogen-bond acceptors (Lipinski definition) is 1. The molecule has 0 radical (unpaired) electrons. The summed E-state index contributed by atoms with van der Waals surface area (Å²) in [5.74, 6) is 0. The van der Waals surface area contributed by atoms with Gasteiger partial charge < -0.3 is 5.32 Å². The van der Waals surface area contributed by atoms with E-state index in [-0.39, 0.29) is 5.41 Å². The molecule has 0 saturated heterocycles. The van der Waals surface area contributed by atoms with E-state index in [1.807, 2.05) is 6.07 Å². The molecule has 1 spiro atoms. The second kappa shape index (κ2) is 6.40. The van der Waals surface area contributed by atoms with E-state index in [1.165, 1.54) is 44.5 Å². The standard InChI is InChI=1S/C31H20N/c1-2-10-21(11-3-1)32-22-18-19-26-25-14-6-9-17-29(25)31(30(26)20-22)27-15-7-4-12-23(27)24-13-5-8-16-28(24)31/h1-4,6-20,32H/q+1. The minimum atomic E-state index is -0.304. The molecule has 1 unspecified atom stereocenters. The third-order valence-corrected chi connectivity index (χ3v) is 7.00. The van der Waals surface area contributed by atoms with Crippen LogP contribution < -0.4 is 5.32 Å². The first kappa shape index (κ1) is 17.5. The van der Waals surface area contributed by atoms with Crippen molar-refractivity contribution in [1.82, 2.24) is 0 Å². The van der Waals surface area contributed by atoms with Gasteiger partial charge in [-0.25, -0.2) is 0 Å². The number of hydrogen-bond donors (Lipinski definition) is 1. The van der Waals surface area contributed by atoms with Crippen LogP contribution in [-0.4, -0.2) is 0 Å². The molecule has 1 nitrogen and oxygen atoms in total. The maximum absolute atomic E-state index is 3.61. The van der Waals surface area contributed by atoms with E-state index in [9.17, 15) is 0 Å². The minimum absolute atomic E-state index is 0.304. The van der Waals surface area contributed by atoms with E-state index in [2.05, 4.69) is 121 Å². The summed E-state index contributed by atoms with van der Waals surface area (Å²) < 4.78 is 0. The van der Waals surface area contributed by atoms with Crippen molar-refractivity contribution in [3.05, 3.63) is 149 Å². The zero-order valence-electron chi connectivity index (χ0n) is 17.5. The second-order valence-corrected chi connectivity index (χ2v) is 8.56. The lowest BCUT2D eigenvalue weighted by Crippen LogP contribution is -2.27.